The number of H-pyrrole nitrogens is 1. The Balaban J connectivity index is 1.44. The highest BCUT2D eigenvalue weighted by Gasteiger charge is 2.25. The monoisotopic (exact) mass is 384 g/mol. The van der Waals surface area contributed by atoms with Gasteiger partial charge in [0, 0.05) is 31.7 Å². The highest BCUT2D eigenvalue weighted by atomic mass is 16.5. The van der Waals surface area contributed by atoms with E-state index in [-0.39, 0.29) is 18.1 Å². The first-order chi connectivity index (χ1) is 13.7. The summed E-state index contributed by atoms with van der Waals surface area (Å²) in [6.45, 7) is 1.22. The number of rotatable bonds is 7. The maximum Gasteiger partial charge on any atom is 0.272 e. The molecule has 0 spiro atoms. The molecule has 9 nitrogen and oxygen atoms in total. The molecule has 3 aromatic heterocycles. The van der Waals surface area contributed by atoms with E-state index in [1.54, 1.807) is 36.6 Å². The molecule has 1 fully saturated rings. The van der Waals surface area contributed by atoms with Crippen LogP contribution in [0, 0.1) is 0 Å². The van der Waals surface area contributed by atoms with Crippen LogP contribution in [0.15, 0.2) is 31.0 Å². The van der Waals surface area contributed by atoms with E-state index in [0.29, 0.717) is 35.9 Å². The van der Waals surface area contributed by atoms with Crippen LogP contribution < -0.4 is 5.32 Å². The van der Waals surface area contributed by atoms with E-state index in [1.807, 2.05) is 6.07 Å². The summed E-state index contributed by atoms with van der Waals surface area (Å²) in [7, 11) is 1.67. The van der Waals surface area contributed by atoms with Crippen molar-refractivity contribution in [2.75, 3.05) is 20.3 Å². The van der Waals surface area contributed by atoms with Crippen LogP contribution in [0.25, 0.3) is 17.0 Å². The maximum atomic E-state index is 12.9. The number of amides is 1. The molecule has 4 rings (SSSR count). The fraction of sp³-hybridized carbons (Fsp3) is 0.474. The lowest BCUT2D eigenvalue weighted by molar-refractivity contribution is -0.00409. The fourth-order valence-corrected chi connectivity index (χ4v) is 3.52. The van der Waals surface area contributed by atoms with E-state index < -0.39 is 0 Å². The van der Waals surface area contributed by atoms with Gasteiger partial charge in [-0.25, -0.2) is 15.0 Å². The molecule has 0 atom stereocenters. The Morgan fingerprint density at radius 3 is 2.89 bits per heavy atom. The zero-order chi connectivity index (χ0) is 19.3. The van der Waals surface area contributed by atoms with Crippen molar-refractivity contribution in [3.8, 4) is 5.95 Å². The van der Waals surface area contributed by atoms with Gasteiger partial charge in [0.05, 0.1) is 30.4 Å². The topological polar surface area (TPSA) is 107 Å². The van der Waals surface area contributed by atoms with Gasteiger partial charge in [0.25, 0.3) is 5.91 Å². The van der Waals surface area contributed by atoms with Crippen molar-refractivity contribution in [2.45, 2.75) is 37.8 Å². The number of aromatic nitrogens is 5. The zero-order valence-corrected chi connectivity index (χ0v) is 15.8. The van der Waals surface area contributed by atoms with E-state index in [2.05, 4.69) is 25.3 Å². The third kappa shape index (κ3) is 4.05. The number of nitrogens with zero attached hydrogens (tertiary/aromatic N) is 4. The first kappa shape index (κ1) is 18.6. The number of fused-ring (bicyclic) bond motifs is 1. The van der Waals surface area contributed by atoms with Crippen molar-refractivity contribution >= 4 is 16.9 Å². The van der Waals surface area contributed by atoms with E-state index in [9.17, 15) is 4.79 Å². The number of hydrogen-bond donors (Lipinski definition) is 2. The van der Waals surface area contributed by atoms with Crippen molar-refractivity contribution in [1.82, 2.24) is 29.8 Å². The molecule has 0 saturated heterocycles. The Morgan fingerprint density at radius 1 is 1.29 bits per heavy atom. The minimum Gasteiger partial charge on any atom is -0.382 e. The molecule has 28 heavy (non-hydrogen) atoms. The van der Waals surface area contributed by atoms with Crippen molar-refractivity contribution in [3.05, 3.63) is 36.7 Å². The van der Waals surface area contributed by atoms with Gasteiger partial charge < -0.3 is 19.8 Å². The van der Waals surface area contributed by atoms with Crippen LogP contribution in [0.5, 0.6) is 0 Å². The molecule has 3 heterocycles. The quantitative estimate of drug-likeness (QED) is 0.602. The lowest BCUT2D eigenvalue weighted by Crippen LogP contribution is -2.39. The molecule has 9 heteroatoms. The van der Waals surface area contributed by atoms with Gasteiger partial charge in [-0.3, -0.25) is 9.36 Å². The van der Waals surface area contributed by atoms with Gasteiger partial charge in [-0.1, -0.05) is 0 Å². The fourth-order valence-electron chi connectivity index (χ4n) is 3.52. The largest absolute Gasteiger partial charge is 0.382 e. The summed E-state index contributed by atoms with van der Waals surface area (Å²) in [5.41, 5.74) is 1.68. The SMILES string of the molecule is COCCO[C@H]1CC[C@H](NC(=O)c2nc(-n3ccnc3)nc3cc[nH]c23)CC1. The molecule has 148 valence electrons. The number of hydrogen-bond acceptors (Lipinski definition) is 6. The maximum absolute atomic E-state index is 12.9. The Kier molecular flexibility index (Phi) is 5.63. The molecule has 2 N–H and O–H groups in total. The molecule has 1 aliphatic rings. The molecule has 1 saturated carbocycles. The summed E-state index contributed by atoms with van der Waals surface area (Å²) < 4.78 is 12.5. The molecule has 0 radical (unpaired) electrons. The number of imidazole rings is 1. The third-order valence-corrected chi connectivity index (χ3v) is 4.99. The van der Waals surface area contributed by atoms with Gasteiger partial charge >= 0.3 is 0 Å². The minimum atomic E-state index is -0.194. The van der Waals surface area contributed by atoms with Crippen LogP contribution in [0.2, 0.25) is 0 Å². The smallest absolute Gasteiger partial charge is 0.272 e. The Labute approximate surface area is 162 Å². The van der Waals surface area contributed by atoms with Gasteiger partial charge in [-0.05, 0) is 31.7 Å². The van der Waals surface area contributed by atoms with Gasteiger partial charge in [0.1, 0.15) is 6.33 Å². The lowest BCUT2D eigenvalue weighted by Gasteiger charge is -2.29. The van der Waals surface area contributed by atoms with Crippen molar-refractivity contribution < 1.29 is 14.3 Å². The standard InChI is InChI=1S/C19H24N6O3/c1-27-10-11-28-14-4-2-13(3-5-14)22-18(26)17-16-15(6-7-21-16)23-19(24-17)25-9-8-20-12-25/h6-9,12-14,21H,2-5,10-11H2,1H3,(H,22,26)/t13-,14-. The summed E-state index contributed by atoms with van der Waals surface area (Å²) in [6, 6.07) is 1.95. The number of nitrogens with one attached hydrogen (secondary N) is 2. The van der Waals surface area contributed by atoms with Crippen molar-refractivity contribution in [3.63, 3.8) is 0 Å². The van der Waals surface area contributed by atoms with E-state index in [1.165, 1.54) is 0 Å². The van der Waals surface area contributed by atoms with Crippen LogP contribution in [-0.2, 0) is 9.47 Å². The molecule has 0 aromatic carbocycles. The van der Waals surface area contributed by atoms with Gasteiger partial charge in [0.15, 0.2) is 5.69 Å². The van der Waals surface area contributed by atoms with E-state index in [4.69, 9.17) is 9.47 Å². The molecule has 1 aliphatic carbocycles. The lowest BCUT2D eigenvalue weighted by atomic mass is 9.93. The second kappa shape index (κ2) is 8.49. The Bertz CT molecular complexity index is 915. The predicted molar refractivity (Wildman–Crippen MR) is 102 cm³/mol. The first-order valence-electron chi connectivity index (χ1n) is 9.49. The minimum absolute atomic E-state index is 0.117. The summed E-state index contributed by atoms with van der Waals surface area (Å²) in [5, 5.41) is 3.12. The molecule has 0 bridgehead atoms. The predicted octanol–water partition coefficient (Wildman–Crippen LogP) is 1.85. The molecule has 1 amide bonds. The molecule has 3 aromatic rings. The Morgan fingerprint density at radius 2 is 2.14 bits per heavy atom. The summed E-state index contributed by atoms with van der Waals surface area (Å²) in [4.78, 5) is 29.0. The summed E-state index contributed by atoms with van der Waals surface area (Å²) in [6.07, 6.45) is 10.6. The number of methoxy groups -OCH3 is 1. The van der Waals surface area contributed by atoms with E-state index >= 15 is 0 Å². The van der Waals surface area contributed by atoms with Gasteiger partial charge in [-0.2, -0.15) is 0 Å². The highest BCUT2D eigenvalue weighted by molar-refractivity contribution is 6.03. The Hall–Kier alpha value is -2.78. The second-order valence-electron chi connectivity index (χ2n) is 6.89. The average Bonchev–Trinajstić information content (AvgIpc) is 3.40. The van der Waals surface area contributed by atoms with Crippen molar-refractivity contribution in [2.24, 2.45) is 0 Å². The van der Waals surface area contributed by atoms with E-state index in [0.717, 1.165) is 25.7 Å². The number of ether oxygens (including phenoxy) is 2. The van der Waals surface area contributed by atoms with Crippen LogP contribution >= 0.6 is 0 Å². The van der Waals surface area contributed by atoms with Gasteiger partial charge in [0.2, 0.25) is 5.95 Å². The number of carbonyl (C=O) groups excluding carboxylic acids is 1. The summed E-state index contributed by atoms with van der Waals surface area (Å²) >= 11 is 0. The normalized spacial score (nSPS) is 19.8. The molecule has 0 aliphatic heterocycles. The van der Waals surface area contributed by atoms with Crippen LogP contribution in [0.1, 0.15) is 36.2 Å². The van der Waals surface area contributed by atoms with Crippen LogP contribution in [-0.4, -0.2) is 62.9 Å². The van der Waals surface area contributed by atoms with Gasteiger partial charge in [-0.15, -0.1) is 0 Å². The molecule has 0 unspecified atom stereocenters. The zero-order valence-electron chi connectivity index (χ0n) is 15.8. The number of aromatic amines is 1. The first-order valence-corrected chi connectivity index (χ1v) is 9.49. The molecular weight excluding hydrogens is 360 g/mol. The third-order valence-electron chi connectivity index (χ3n) is 4.99. The van der Waals surface area contributed by atoms with Crippen LogP contribution in [0.3, 0.4) is 0 Å². The number of carbonyl (C=O) groups is 1. The second-order valence-corrected chi connectivity index (χ2v) is 6.89. The summed E-state index contributed by atoms with van der Waals surface area (Å²) in [5.74, 6) is 0.227. The molecular formula is C19H24N6O3. The highest BCUT2D eigenvalue weighted by Crippen LogP contribution is 2.22. The average molecular weight is 384 g/mol. The van der Waals surface area contributed by atoms with Crippen molar-refractivity contribution in [1.29, 1.82) is 0 Å². The van der Waals surface area contributed by atoms with Crippen LogP contribution in [0.4, 0.5) is 0 Å².